The van der Waals surface area contributed by atoms with Gasteiger partial charge in [0.1, 0.15) is 5.75 Å². The summed E-state index contributed by atoms with van der Waals surface area (Å²) < 4.78 is 44.1. The van der Waals surface area contributed by atoms with Crippen molar-refractivity contribution in [2.75, 3.05) is 13.1 Å². The van der Waals surface area contributed by atoms with Gasteiger partial charge >= 0.3 is 6.36 Å². The highest BCUT2D eigenvalue weighted by Crippen LogP contribution is 2.49. The second-order valence-electron chi connectivity index (χ2n) is 8.45. The van der Waals surface area contributed by atoms with Crippen LogP contribution in [0.3, 0.4) is 0 Å². The van der Waals surface area contributed by atoms with Crippen molar-refractivity contribution in [1.82, 2.24) is 24.5 Å². The molecule has 1 aliphatic carbocycles. The normalized spacial score (nSPS) is 25.1. The molecule has 1 saturated heterocycles. The Hall–Kier alpha value is -2.72. The number of ether oxygens (including phenoxy) is 1. The van der Waals surface area contributed by atoms with Gasteiger partial charge in [-0.2, -0.15) is 4.98 Å². The van der Waals surface area contributed by atoms with Gasteiger partial charge < -0.3 is 9.84 Å². The fourth-order valence-electron chi connectivity index (χ4n) is 4.99. The molecule has 0 spiro atoms. The third-order valence-corrected chi connectivity index (χ3v) is 6.28. The molecule has 3 heterocycles. The van der Waals surface area contributed by atoms with Crippen molar-refractivity contribution in [3.63, 3.8) is 0 Å². The monoisotopic (exact) mass is 433 g/mol. The lowest BCUT2D eigenvalue weighted by atomic mass is 9.95. The van der Waals surface area contributed by atoms with E-state index >= 15 is 0 Å². The molecule has 0 amide bonds. The molecule has 2 aromatic heterocycles. The minimum Gasteiger partial charge on any atom is -0.405 e. The second-order valence-corrected chi connectivity index (χ2v) is 8.45. The van der Waals surface area contributed by atoms with E-state index in [0.717, 1.165) is 18.4 Å². The van der Waals surface area contributed by atoms with Gasteiger partial charge in [-0.05, 0) is 54.7 Å². The molecule has 2 aliphatic rings. The van der Waals surface area contributed by atoms with Gasteiger partial charge in [-0.3, -0.25) is 4.90 Å². The Morgan fingerprint density at radius 1 is 1.16 bits per heavy atom. The average molecular weight is 433 g/mol. The molecule has 3 aromatic rings. The summed E-state index contributed by atoms with van der Waals surface area (Å²) in [5.74, 6) is 1.20. The lowest BCUT2D eigenvalue weighted by Crippen LogP contribution is -2.28. The van der Waals surface area contributed by atoms with Crippen LogP contribution < -0.4 is 4.74 Å². The van der Waals surface area contributed by atoms with Crippen LogP contribution in [-0.2, 0) is 0 Å². The van der Waals surface area contributed by atoms with E-state index in [1.807, 2.05) is 11.8 Å². The third-order valence-electron chi connectivity index (χ3n) is 6.28. The minimum atomic E-state index is -4.71. The molecule has 1 aromatic carbocycles. The largest absolute Gasteiger partial charge is 0.573 e. The zero-order chi connectivity index (χ0) is 21.8. The van der Waals surface area contributed by atoms with E-state index in [1.165, 1.54) is 6.07 Å². The number of alkyl halides is 3. The smallest absolute Gasteiger partial charge is 0.405 e. The maximum Gasteiger partial charge on any atom is 0.573 e. The van der Waals surface area contributed by atoms with Crippen molar-refractivity contribution >= 4 is 5.78 Å². The molecule has 1 N–H and O–H groups in total. The fraction of sp³-hybridized carbons (Fsp3) is 0.476. The molecule has 5 rings (SSSR count). The predicted molar refractivity (Wildman–Crippen MR) is 104 cm³/mol. The maximum atomic E-state index is 12.8. The first-order valence-corrected chi connectivity index (χ1v) is 10.2. The van der Waals surface area contributed by atoms with Crippen molar-refractivity contribution in [2.45, 2.75) is 38.3 Å². The number of benzene rings is 1. The van der Waals surface area contributed by atoms with Crippen LogP contribution in [0.2, 0.25) is 0 Å². The van der Waals surface area contributed by atoms with Gasteiger partial charge in [-0.25, -0.2) is 9.50 Å². The summed E-state index contributed by atoms with van der Waals surface area (Å²) in [6.07, 6.45) is -0.639. The van der Waals surface area contributed by atoms with Crippen molar-refractivity contribution in [3.8, 4) is 5.75 Å². The van der Waals surface area contributed by atoms with Crippen molar-refractivity contribution in [3.05, 3.63) is 53.6 Å². The minimum absolute atomic E-state index is 0.00772. The van der Waals surface area contributed by atoms with Gasteiger partial charge in [-0.15, -0.1) is 18.3 Å². The number of halogens is 3. The fourth-order valence-corrected chi connectivity index (χ4v) is 4.99. The molecule has 2 fully saturated rings. The molecule has 164 valence electrons. The summed E-state index contributed by atoms with van der Waals surface area (Å²) >= 11 is 0. The van der Waals surface area contributed by atoms with E-state index in [-0.39, 0.29) is 23.5 Å². The van der Waals surface area contributed by atoms with Crippen LogP contribution in [0.15, 0.2) is 36.7 Å². The van der Waals surface area contributed by atoms with E-state index in [4.69, 9.17) is 0 Å². The molecule has 4 atom stereocenters. The Balaban J connectivity index is 1.28. The van der Waals surface area contributed by atoms with Gasteiger partial charge in [0.05, 0.1) is 0 Å². The number of rotatable bonds is 4. The van der Waals surface area contributed by atoms with Crippen LogP contribution >= 0.6 is 0 Å². The van der Waals surface area contributed by atoms with E-state index < -0.39 is 12.6 Å². The number of aliphatic hydroxyl groups is 1. The molecule has 0 radical (unpaired) electrons. The molecule has 1 saturated carbocycles. The van der Waals surface area contributed by atoms with Crippen LogP contribution in [0, 0.1) is 18.8 Å². The number of fused-ring (bicyclic) bond motifs is 2. The number of aryl methyl sites for hydroxylation is 1. The molecule has 10 heteroatoms. The SMILES string of the molecule is Cc1cnc2nc(C(O)N3C[C@H]4CC(c5ccccc5OC(F)(F)F)C[C@H]4C3)nn2c1. The topological polar surface area (TPSA) is 75.8 Å². The standard InChI is InChI=1S/C21H22F3N5O2/c1-12-8-25-20-26-18(27-29(20)9-12)19(30)28-10-14-6-13(7-15(14)11-28)16-4-2-3-5-17(16)31-21(22,23)24/h2-5,8-9,13-15,19,30H,6-7,10-11H2,1H3/t13?,14-,15+,19?. The van der Waals surface area contributed by atoms with Gasteiger partial charge in [0, 0.05) is 25.5 Å². The van der Waals surface area contributed by atoms with Crippen LogP contribution in [0.25, 0.3) is 5.78 Å². The van der Waals surface area contributed by atoms with Crippen molar-refractivity contribution in [1.29, 1.82) is 0 Å². The average Bonchev–Trinajstić information content (AvgIpc) is 3.38. The number of nitrogens with zero attached hydrogens (tertiary/aromatic N) is 5. The zero-order valence-corrected chi connectivity index (χ0v) is 16.8. The lowest BCUT2D eigenvalue weighted by molar-refractivity contribution is -0.275. The number of para-hydroxylation sites is 1. The van der Waals surface area contributed by atoms with Crippen LogP contribution in [0.4, 0.5) is 13.2 Å². The van der Waals surface area contributed by atoms with Crippen LogP contribution in [-0.4, -0.2) is 49.0 Å². The van der Waals surface area contributed by atoms with Gasteiger partial charge in [-0.1, -0.05) is 18.2 Å². The Morgan fingerprint density at radius 3 is 2.58 bits per heavy atom. The molecule has 7 nitrogen and oxygen atoms in total. The number of hydrogen-bond acceptors (Lipinski definition) is 6. The van der Waals surface area contributed by atoms with Crippen molar-refractivity contribution < 1.29 is 23.0 Å². The van der Waals surface area contributed by atoms with Gasteiger partial charge in [0.2, 0.25) is 0 Å². The van der Waals surface area contributed by atoms with E-state index in [1.54, 1.807) is 35.1 Å². The Kier molecular flexibility index (Phi) is 4.86. The summed E-state index contributed by atoms with van der Waals surface area (Å²) in [6.45, 7) is 3.19. The summed E-state index contributed by atoms with van der Waals surface area (Å²) in [7, 11) is 0. The van der Waals surface area contributed by atoms with Crippen molar-refractivity contribution in [2.24, 2.45) is 11.8 Å². The number of hydrogen-bond donors (Lipinski definition) is 1. The highest BCUT2D eigenvalue weighted by molar-refractivity contribution is 5.37. The van der Waals surface area contributed by atoms with Crippen LogP contribution in [0.1, 0.15) is 41.9 Å². The Bertz CT molecular complexity index is 1090. The molecular formula is C21H22F3N5O2. The van der Waals surface area contributed by atoms with E-state index in [2.05, 4.69) is 19.8 Å². The van der Waals surface area contributed by atoms with Gasteiger partial charge in [0.15, 0.2) is 12.1 Å². The first-order valence-electron chi connectivity index (χ1n) is 10.2. The van der Waals surface area contributed by atoms with E-state index in [0.29, 0.717) is 30.3 Å². The predicted octanol–water partition coefficient (Wildman–Crippen LogP) is 3.45. The number of aliphatic hydroxyl groups excluding tert-OH is 1. The molecule has 31 heavy (non-hydrogen) atoms. The number of aromatic nitrogens is 4. The Morgan fingerprint density at radius 2 is 1.87 bits per heavy atom. The molecule has 2 unspecified atom stereocenters. The first kappa shape index (κ1) is 20.2. The Labute approximate surface area is 176 Å². The lowest BCUT2D eigenvalue weighted by Gasteiger charge is -2.23. The zero-order valence-electron chi connectivity index (χ0n) is 16.8. The van der Waals surface area contributed by atoms with E-state index in [9.17, 15) is 18.3 Å². The third kappa shape index (κ3) is 3.97. The molecule has 0 bridgehead atoms. The highest BCUT2D eigenvalue weighted by atomic mass is 19.4. The summed E-state index contributed by atoms with van der Waals surface area (Å²) in [4.78, 5) is 10.5. The quantitative estimate of drug-likeness (QED) is 0.679. The first-order chi connectivity index (χ1) is 14.8. The molecular weight excluding hydrogens is 411 g/mol. The summed E-state index contributed by atoms with van der Waals surface area (Å²) in [5, 5.41) is 15.2. The summed E-state index contributed by atoms with van der Waals surface area (Å²) in [5.41, 5.74) is 1.54. The summed E-state index contributed by atoms with van der Waals surface area (Å²) in [6, 6.07) is 6.39. The molecule has 1 aliphatic heterocycles. The maximum absolute atomic E-state index is 12.8. The number of likely N-dealkylation sites (tertiary alicyclic amines) is 1. The second kappa shape index (κ2) is 7.45. The van der Waals surface area contributed by atoms with Gasteiger partial charge in [0.25, 0.3) is 5.78 Å². The van der Waals surface area contributed by atoms with Crippen LogP contribution in [0.5, 0.6) is 5.75 Å². The highest BCUT2D eigenvalue weighted by Gasteiger charge is 2.44.